The number of hydrogen-bond donors (Lipinski definition) is 1. The van der Waals surface area contributed by atoms with E-state index in [1.165, 1.54) is 0 Å². The molecule has 25 heavy (non-hydrogen) atoms. The van der Waals surface area contributed by atoms with Crippen LogP contribution in [0.3, 0.4) is 0 Å². The molecule has 2 amide bonds. The molecule has 6 heteroatoms. The molecule has 1 saturated heterocycles. The zero-order chi connectivity index (χ0) is 18.4. The van der Waals surface area contributed by atoms with Crippen LogP contribution in [0.5, 0.6) is 0 Å². The Bertz CT molecular complexity index is 818. The molecule has 0 saturated carbocycles. The van der Waals surface area contributed by atoms with Gasteiger partial charge in [0.05, 0.1) is 23.0 Å². The average molecular weight is 342 g/mol. The van der Waals surface area contributed by atoms with E-state index in [-0.39, 0.29) is 35.7 Å². The normalized spacial score (nSPS) is 19.5. The molecule has 2 heterocycles. The zero-order valence-electron chi connectivity index (χ0n) is 15.5. The first-order chi connectivity index (χ1) is 11.7. The first-order valence-electron chi connectivity index (χ1n) is 8.70. The van der Waals surface area contributed by atoms with Gasteiger partial charge in [0.15, 0.2) is 0 Å². The first-order valence-corrected chi connectivity index (χ1v) is 8.70. The summed E-state index contributed by atoms with van der Waals surface area (Å²) >= 11 is 0. The van der Waals surface area contributed by atoms with Gasteiger partial charge in [-0.15, -0.1) is 0 Å². The van der Waals surface area contributed by atoms with Gasteiger partial charge in [-0.25, -0.2) is 4.98 Å². The van der Waals surface area contributed by atoms with Gasteiger partial charge in [0.1, 0.15) is 5.82 Å². The van der Waals surface area contributed by atoms with Crippen LogP contribution >= 0.6 is 0 Å². The molecule has 0 unspecified atom stereocenters. The number of likely N-dealkylation sites (tertiary alicyclic amines) is 1. The Morgan fingerprint density at radius 3 is 2.60 bits per heavy atom. The predicted octanol–water partition coefficient (Wildman–Crippen LogP) is 2.40. The van der Waals surface area contributed by atoms with Crippen LogP contribution in [-0.4, -0.2) is 38.3 Å². The molecule has 1 fully saturated rings. The van der Waals surface area contributed by atoms with E-state index >= 15 is 0 Å². The van der Waals surface area contributed by atoms with E-state index in [4.69, 9.17) is 0 Å². The second kappa shape index (κ2) is 6.17. The highest BCUT2D eigenvalue weighted by Gasteiger charge is 2.39. The maximum atomic E-state index is 12.6. The monoisotopic (exact) mass is 342 g/mol. The maximum Gasteiger partial charge on any atom is 0.226 e. The van der Waals surface area contributed by atoms with Crippen molar-refractivity contribution in [3.05, 3.63) is 30.1 Å². The quantitative estimate of drug-likeness (QED) is 0.931. The molecule has 0 radical (unpaired) electrons. The lowest BCUT2D eigenvalue weighted by Gasteiger charge is -2.32. The molecular formula is C19H26N4O2. The van der Waals surface area contributed by atoms with Crippen molar-refractivity contribution in [3.63, 3.8) is 0 Å². The number of rotatable bonds is 3. The molecule has 134 valence electrons. The first kappa shape index (κ1) is 17.5. The summed E-state index contributed by atoms with van der Waals surface area (Å²) in [5.74, 6) is 0.470. The van der Waals surface area contributed by atoms with Crippen molar-refractivity contribution in [2.45, 2.75) is 45.7 Å². The smallest absolute Gasteiger partial charge is 0.226 e. The number of amides is 2. The molecule has 2 atom stereocenters. The summed E-state index contributed by atoms with van der Waals surface area (Å²) in [6, 6.07) is 7.68. The Morgan fingerprint density at radius 1 is 1.32 bits per heavy atom. The number of hydrogen-bond acceptors (Lipinski definition) is 3. The summed E-state index contributed by atoms with van der Waals surface area (Å²) in [7, 11) is 1.95. The Balaban J connectivity index is 1.72. The molecule has 6 nitrogen and oxygen atoms in total. The highest BCUT2D eigenvalue weighted by molar-refractivity contribution is 5.89. The number of nitrogens with one attached hydrogen (secondary N) is 1. The summed E-state index contributed by atoms with van der Waals surface area (Å²) < 4.78 is 2.00. The maximum absolute atomic E-state index is 12.6. The number of carbonyl (C=O) groups is 2. The van der Waals surface area contributed by atoms with Gasteiger partial charge in [0.2, 0.25) is 11.8 Å². The van der Waals surface area contributed by atoms with Gasteiger partial charge in [-0.3, -0.25) is 9.59 Å². The molecule has 1 aliphatic heterocycles. The third kappa shape index (κ3) is 3.25. The number of nitrogens with zero attached hydrogens (tertiary/aromatic N) is 3. The third-order valence-electron chi connectivity index (χ3n) is 4.87. The van der Waals surface area contributed by atoms with Gasteiger partial charge in [0.25, 0.3) is 0 Å². The largest absolute Gasteiger partial charge is 0.346 e. The van der Waals surface area contributed by atoms with Crippen molar-refractivity contribution in [1.29, 1.82) is 0 Å². The van der Waals surface area contributed by atoms with Gasteiger partial charge in [0, 0.05) is 25.6 Å². The van der Waals surface area contributed by atoms with Crippen LogP contribution in [0.2, 0.25) is 0 Å². The van der Waals surface area contributed by atoms with Crippen LogP contribution in [0.1, 0.15) is 46.0 Å². The fraction of sp³-hybridized carbons (Fsp3) is 0.526. The standard InChI is InChI=1S/C19H26N4O2/c1-12(17-21-14-8-6-7-9-15(14)22(17)5)20-18(25)13-10-16(24)23(11-13)19(2,3)4/h6-9,12-13H,10-11H2,1-5H3,(H,20,25)/t12-,13+/m1/s1. The molecule has 1 N–H and O–H groups in total. The summed E-state index contributed by atoms with van der Waals surface area (Å²) in [4.78, 5) is 31.3. The lowest BCUT2D eigenvalue weighted by Crippen LogP contribution is -2.43. The number of aryl methyl sites for hydroxylation is 1. The van der Waals surface area contributed by atoms with Crippen molar-refractivity contribution in [3.8, 4) is 0 Å². The molecule has 2 aromatic rings. The van der Waals surface area contributed by atoms with Crippen LogP contribution in [-0.2, 0) is 16.6 Å². The molecule has 1 aliphatic rings. The number of benzene rings is 1. The van der Waals surface area contributed by atoms with Gasteiger partial charge in [-0.1, -0.05) is 12.1 Å². The second-order valence-electron chi connectivity index (χ2n) is 7.82. The minimum Gasteiger partial charge on any atom is -0.346 e. The van der Waals surface area contributed by atoms with E-state index in [0.717, 1.165) is 16.9 Å². The fourth-order valence-corrected chi connectivity index (χ4v) is 3.48. The lowest BCUT2D eigenvalue weighted by molar-refractivity contribution is -0.132. The van der Waals surface area contributed by atoms with Crippen molar-refractivity contribution < 1.29 is 9.59 Å². The highest BCUT2D eigenvalue weighted by atomic mass is 16.2. The number of imidazole rings is 1. The molecule has 0 spiro atoms. The Hall–Kier alpha value is -2.37. The summed E-state index contributed by atoms with van der Waals surface area (Å²) in [5.41, 5.74) is 1.69. The van der Waals surface area contributed by atoms with Crippen LogP contribution in [0, 0.1) is 5.92 Å². The minimum absolute atomic E-state index is 0.0445. The topological polar surface area (TPSA) is 67.2 Å². The molecule has 3 rings (SSSR count). The van der Waals surface area contributed by atoms with E-state index in [2.05, 4.69) is 10.3 Å². The zero-order valence-corrected chi connectivity index (χ0v) is 15.5. The van der Waals surface area contributed by atoms with Crippen molar-refractivity contribution in [2.75, 3.05) is 6.54 Å². The van der Waals surface area contributed by atoms with Gasteiger partial charge < -0.3 is 14.8 Å². The van der Waals surface area contributed by atoms with Crippen molar-refractivity contribution in [2.24, 2.45) is 13.0 Å². The van der Waals surface area contributed by atoms with Gasteiger partial charge in [-0.05, 0) is 39.8 Å². The van der Waals surface area contributed by atoms with E-state index < -0.39 is 0 Å². The van der Waals surface area contributed by atoms with E-state index in [0.29, 0.717) is 6.54 Å². The Kier molecular flexibility index (Phi) is 4.31. The van der Waals surface area contributed by atoms with E-state index in [1.807, 2.05) is 63.6 Å². The predicted molar refractivity (Wildman–Crippen MR) is 96.8 cm³/mol. The molecular weight excluding hydrogens is 316 g/mol. The second-order valence-corrected chi connectivity index (χ2v) is 7.82. The van der Waals surface area contributed by atoms with Crippen LogP contribution in [0.15, 0.2) is 24.3 Å². The van der Waals surface area contributed by atoms with Crippen molar-refractivity contribution in [1.82, 2.24) is 19.8 Å². The van der Waals surface area contributed by atoms with E-state index in [9.17, 15) is 9.59 Å². The Morgan fingerprint density at radius 2 is 2.00 bits per heavy atom. The van der Waals surface area contributed by atoms with Gasteiger partial charge >= 0.3 is 0 Å². The summed E-state index contributed by atoms with van der Waals surface area (Å²) in [6.45, 7) is 8.38. The molecule has 1 aromatic heterocycles. The van der Waals surface area contributed by atoms with Crippen LogP contribution in [0.25, 0.3) is 11.0 Å². The Labute approximate surface area is 148 Å². The number of aromatic nitrogens is 2. The SMILES string of the molecule is C[C@@H](NC(=O)[C@H]1CC(=O)N(C(C)(C)C)C1)c1nc2ccccc2n1C. The summed E-state index contributed by atoms with van der Waals surface area (Å²) in [5, 5.41) is 3.03. The average Bonchev–Trinajstić information content (AvgIpc) is 3.08. The fourth-order valence-electron chi connectivity index (χ4n) is 3.48. The van der Waals surface area contributed by atoms with Crippen molar-refractivity contribution >= 4 is 22.8 Å². The molecule has 0 bridgehead atoms. The van der Waals surface area contributed by atoms with Crippen LogP contribution in [0.4, 0.5) is 0 Å². The molecule has 0 aliphatic carbocycles. The lowest BCUT2D eigenvalue weighted by atomic mass is 10.1. The minimum atomic E-state index is -0.302. The number of fused-ring (bicyclic) bond motifs is 1. The number of carbonyl (C=O) groups excluding carboxylic acids is 2. The molecule has 1 aromatic carbocycles. The van der Waals surface area contributed by atoms with E-state index in [1.54, 1.807) is 4.90 Å². The van der Waals surface area contributed by atoms with Gasteiger partial charge in [-0.2, -0.15) is 0 Å². The highest BCUT2D eigenvalue weighted by Crippen LogP contribution is 2.27. The third-order valence-corrected chi connectivity index (χ3v) is 4.87. The van der Waals surface area contributed by atoms with Crippen LogP contribution < -0.4 is 5.32 Å². The number of para-hydroxylation sites is 2. The summed E-state index contributed by atoms with van der Waals surface area (Å²) in [6.07, 6.45) is 0.276.